The van der Waals surface area contributed by atoms with Gasteiger partial charge >= 0.3 is 5.97 Å². The first-order valence-corrected chi connectivity index (χ1v) is 7.81. The van der Waals surface area contributed by atoms with Gasteiger partial charge in [0.05, 0.1) is 0 Å². The number of carbonyl (C=O) groups is 1. The lowest BCUT2D eigenvalue weighted by atomic mass is 9.91. The average Bonchev–Trinajstić information content (AvgIpc) is 2.56. The summed E-state index contributed by atoms with van der Waals surface area (Å²) in [5.74, 6) is 0.410. The number of esters is 1. The summed E-state index contributed by atoms with van der Waals surface area (Å²) in [5, 5.41) is 2.13. The molecule has 0 amide bonds. The smallest absolute Gasteiger partial charge is 0.308 e. The van der Waals surface area contributed by atoms with Crippen molar-refractivity contribution in [1.29, 1.82) is 0 Å². The molecule has 23 heavy (non-hydrogen) atoms. The molecule has 3 aromatic rings. The predicted molar refractivity (Wildman–Crippen MR) is 94.0 cm³/mol. The van der Waals surface area contributed by atoms with E-state index < -0.39 is 0 Å². The number of hydrogen-bond donors (Lipinski definition) is 0. The van der Waals surface area contributed by atoms with Gasteiger partial charge in [-0.1, -0.05) is 54.6 Å². The zero-order valence-corrected chi connectivity index (χ0v) is 13.7. The van der Waals surface area contributed by atoms with Crippen molar-refractivity contribution >= 4 is 16.7 Å². The largest absolute Gasteiger partial charge is 0.426 e. The van der Waals surface area contributed by atoms with Crippen molar-refractivity contribution < 1.29 is 9.53 Å². The van der Waals surface area contributed by atoms with Gasteiger partial charge in [-0.2, -0.15) is 0 Å². The number of carbonyl (C=O) groups excluding carboxylic acids is 1. The van der Waals surface area contributed by atoms with Crippen molar-refractivity contribution in [3.63, 3.8) is 0 Å². The summed E-state index contributed by atoms with van der Waals surface area (Å²) < 4.78 is 5.63. The summed E-state index contributed by atoms with van der Waals surface area (Å²) in [4.78, 5) is 11.6. The lowest BCUT2D eigenvalue weighted by molar-refractivity contribution is -0.131. The summed E-state index contributed by atoms with van der Waals surface area (Å²) in [6, 6.07) is 18.4. The molecule has 116 valence electrons. The van der Waals surface area contributed by atoms with Crippen molar-refractivity contribution in [1.82, 2.24) is 0 Å². The molecule has 0 spiro atoms. The van der Waals surface area contributed by atoms with Crippen LogP contribution in [0.3, 0.4) is 0 Å². The summed E-state index contributed by atoms with van der Waals surface area (Å²) >= 11 is 0. The Bertz CT molecular complexity index is 864. The molecule has 0 aromatic heterocycles. The molecule has 0 fully saturated rings. The van der Waals surface area contributed by atoms with Crippen molar-refractivity contribution in [3.05, 3.63) is 76.9 Å². The zero-order valence-electron chi connectivity index (χ0n) is 13.7. The van der Waals surface area contributed by atoms with E-state index in [1.807, 2.05) is 36.4 Å². The first-order valence-electron chi connectivity index (χ1n) is 7.81. The number of aryl methyl sites for hydroxylation is 1. The van der Waals surface area contributed by atoms with E-state index >= 15 is 0 Å². The van der Waals surface area contributed by atoms with E-state index in [9.17, 15) is 4.79 Å². The van der Waals surface area contributed by atoms with Gasteiger partial charge in [-0.05, 0) is 35.9 Å². The fourth-order valence-electron chi connectivity index (χ4n) is 3.04. The molecule has 0 N–H and O–H groups in total. The normalized spacial score (nSPS) is 10.7. The standard InChI is InChI=1S/C21H20O2/c1-14-15(2)20(13-17-9-5-4-6-10-17)21(23-16(3)22)19-12-8-7-11-18(14)19/h4-12H,13H2,1-3H3. The molecule has 2 nitrogen and oxygen atoms in total. The zero-order chi connectivity index (χ0) is 16.4. The van der Waals surface area contributed by atoms with E-state index in [1.165, 1.54) is 23.6 Å². The molecular weight excluding hydrogens is 284 g/mol. The molecule has 0 heterocycles. The highest BCUT2D eigenvalue weighted by molar-refractivity contribution is 5.95. The molecule has 2 heteroatoms. The van der Waals surface area contributed by atoms with Crippen LogP contribution in [-0.4, -0.2) is 5.97 Å². The third kappa shape index (κ3) is 2.98. The van der Waals surface area contributed by atoms with Gasteiger partial charge < -0.3 is 4.74 Å². The van der Waals surface area contributed by atoms with Gasteiger partial charge in [0, 0.05) is 24.3 Å². The molecular formula is C21H20O2. The molecule has 0 radical (unpaired) electrons. The van der Waals surface area contributed by atoms with Gasteiger partial charge in [0.25, 0.3) is 0 Å². The first-order chi connectivity index (χ1) is 11.1. The highest BCUT2D eigenvalue weighted by Crippen LogP contribution is 2.37. The van der Waals surface area contributed by atoms with Crippen LogP contribution < -0.4 is 4.74 Å². The van der Waals surface area contributed by atoms with E-state index in [1.54, 1.807) is 0 Å². The maximum absolute atomic E-state index is 11.6. The van der Waals surface area contributed by atoms with Crippen LogP contribution in [0.2, 0.25) is 0 Å². The molecule has 0 aliphatic rings. The molecule has 0 aliphatic heterocycles. The lowest BCUT2D eigenvalue weighted by Gasteiger charge is -2.18. The molecule has 0 unspecified atom stereocenters. The second-order valence-electron chi connectivity index (χ2n) is 5.86. The van der Waals surface area contributed by atoms with E-state index in [2.05, 4.69) is 32.0 Å². The Labute approximate surface area is 136 Å². The molecule has 0 aliphatic carbocycles. The lowest BCUT2D eigenvalue weighted by Crippen LogP contribution is -2.07. The van der Waals surface area contributed by atoms with Gasteiger partial charge in [-0.3, -0.25) is 4.79 Å². The maximum atomic E-state index is 11.6. The highest BCUT2D eigenvalue weighted by Gasteiger charge is 2.17. The van der Waals surface area contributed by atoms with Crippen molar-refractivity contribution in [2.45, 2.75) is 27.2 Å². The molecule has 3 aromatic carbocycles. The number of hydrogen-bond acceptors (Lipinski definition) is 2. The summed E-state index contributed by atoms with van der Waals surface area (Å²) in [5.41, 5.74) is 4.72. The molecule has 3 rings (SSSR count). The Hall–Kier alpha value is -2.61. The van der Waals surface area contributed by atoms with E-state index in [0.29, 0.717) is 5.75 Å². The average molecular weight is 304 g/mol. The quantitative estimate of drug-likeness (QED) is 0.504. The van der Waals surface area contributed by atoms with Crippen molar-refractivity contribution in [2.24, 2.45) is 0 Å². The topological polar surface area (TPSA) is 26.3 Å². The minimum absolute atomic E-state index is 0.285. The first kappa shape index (κ1) is 15.3. The number of ether oxygens (including phenoxy) is 1. The van der Waals surface area contributed by atoms with Crippen LogP contribution in [0, 0.1) is 13.8 Å². The van der Waals surface area contributed by atoms with E-state index in [4.69, 9.17) is 4.74 Å². The van der Waals surface area contributed by atoms with Crippen molar-refractivity contribution in [2.75, 3.05) is 0 Å². The number of rotatable bonds is 3. The Balaban J connectivity index is 2.25. The summed E-state index contributed by atoms with van der Waals surface area (Å²) in [6.07, 6.45) is 0.751. The maximum Gasteiger partial charge on any atom is 0.308 e. The number of benzene rings is 3. The predicted octanol–water partition coefficient (Wildman–Crippen LogP) is 4.97. The summed E-state index contributed by atoms with van der Waals surface area (Å²) in [6.45, 7) is 5.69. The van der Waals surface area contributed by atoms with Crippen LogP contribution in [-0.2, 0) is 11.2 Å². The van der Waals surface area contributed by atoms with Gasteiger partial charge in [-0.15, -0.1) is 0 Å². The van der Waals surface area contributed by atoms with Crippen LogP contribution in [0.15, 0.2) is 54.6 Å². The molecule has 0 bridgehead atoms. The SMILES string of the molecule is CC(=O)Oc1c(Cc2ccccc2)c(C)c(C)c2ccccc12. The highest BCUT2D eigenvalue weighted by atomic mass is 16.5. The van der Waals surface area contributed by atoms with Crippen LogP contribution in [0.4, 0.5) is 0 Å². The van der Waals surface area contributed by atoms with Gasteiger partial charge in [-0.25, -0.2) is 0 Å². The second kappa shape index (κ2) is 6.25. The van der Waals surface area contributed by atoms with Gasteiger partial charge in [0.1, 0.15) is 5.75 Å². The Morgan fingerprint density at radius 2 is 1.48 bits per heavy atom. The van der Waals surface area contributed by atoms with Crippen LogP contribution in [0.1, 0.15) is 29.2 Å². The van der Waals surface area contributed by atoms with Gasteiger partial charge in [0.15, 0.2) is 0 Å². The Morgan fingerprint density at radius 1 is 0.870 bits per heavy atom. The minimum atomic E-state index is -0.285. The Kier molecular flexibility index (Phi) is 4.16. The second-order valence-corrected chi connectivity index (χ2v) is 5.86. The van der Waals surface area contributed by atoms with E-state index in [0.717, 1.165) is 22.8 Å². The summed E-state index contributed by atoms with van der Waals surface area (Å²) in [7, 11) is 0. The Morgan fingerprint density at radius 3 is 2.13 bits per heavy atom. The molecule has 0 saturated heterocycles. The third-order valence-electron chi connectivity index (χ3n) is 4.33. The minimum Gasteiger partial charge on any atom is -0.426 e. The van der Waals surface area contributed by atoms with Crippen LogP contribution in [0.25, 0.3) is 10.8 Å². The van der Waals surface area contributed by atoms with Crippen LogP contribution in [0.5, 0.6) is 5.75 Å². The molecule has 0 atom stereocenters. The van der Waals surface area contributed by atoms with Crippen molar-refractivity contribution in [3.8, 4) is 5.75 Å². The van der Waals surface area contributed by atoms with E-state index in [-0.39, 0.29) is 5.97 Å². The van der Waals surface area contributed by atoms with Gasteiger partial charge in [0.2, 0.25) is 0 Å². The fraction of sp³-hybridized carbons (Fsp3) is 0.190. The monoisotopic (exact) mass is 304 g/mol. The molecule has 0 saturated carbocycles. The number of fused-ring (bicyclic) bond motifs is 1. The van der Waals surface area contributed by atoms with Crippen LogP contribution >= 0.6 is 0 Å². The fourth-order valence-corrected chi connectivity index (χ4v) is 3.04. The third-order valence-corrected chi connectivity index (χ3v) is 4.33.